The van der Waals surface area contributed by atoms with Crippen LogP contribution in [0.4, 0.5) is 0 Å². The second-order valence-electron chi connectivity index (χ2n) is 10.2. The van der Waals surface area contributed by atoms with E-state index in [1.807, 2.05) is 12.1 Å². The van der Waals surface area contributed by atoms with Gasteiger partial charge in [0.2, 0.25) is 0 Å². The SMILES string of the molecule is Cn1nc(C(=O)NCc2ccc(Cl)cc2)c2c1C(=O)N(CC1(S3(=O)=C(O)[C@@H](O)C3(C)C)CC1)CC2. The largest absolute Gasteiger partial charge is 0.384 e. The lowest BCUT2D eigenvalue weighted by Gasteiger charge is -2.49. The van der Waals surface area contributed by atoms with Gasteiger partial charge in [-0.05, 0) is 50.8 Å². The average Bonchev–Trinajstić information content (AvgIpc) is 3.54. The van der Waals surface area contributed by atoms with E-state index in [1.54, 1.807) is 37.9 Å². The molecule has 1 aromatic heterocycles. The van der Waals surface area contributed by atoms with Crippen LogP contribution in [-0.4, -0.2) is 74.7 Å². The number of fused-ring (bicyclic) bond motifs is 1. The molecule has 11 heteroatoms. The summed E-state index contributed by atoms with van der Waals surface area (Å²) in [5.41, 5.74) is 2.07. The Morgan fingerprint density at radius 1 is 1.29 bits per heavy atom. The van der Waals surface area contributed by atoms with Gasteiger partial charge in [0, 0.05) is 46.8 Å². The summed E-state index contributed by atoms with van der Waals surface area (Å²) in [6.45, 7) is 4.29. The van der Waals surface area contributed by atoms with Crippen molar-refractivity contribution in [1.82, 2.24) is 20.0 Å². The minimum Gasteiger partial charge on any atom is -0.384 e. The second-order valence-corrected chi connectivity index (χ2v) is 14.1. The molecule has 1 aliphatic carbocycles. The third kappa shape index (κ3) is 3.45. The highest BCUT2D eigenvalue weighted by Crippen LogP contribution is 2.54. The number of amides is 2. The molecule has 2 amide bonds. The van der Waals surface area contributed by atoms with Crippen LogP contribution in [0.25, 0.3) is 0 Å². The first kappa shape index (κ1) is 24.3. The number of carbonyl (C=O) groups is 2. The van der Waals surface area contributed by atoms with Crippen molar-refractivity contribution in [1.29, 1.82) is 0 Å². The summed E-state index contributed by atoms with van der Waals surface area (Å²) in [5, 5.41) is 28.0. The van der Waals surface area contributed by atoms with Gasteiger partial charge in [-0.1, -0.05) is 23.7 Å². The number of hydrogen-bond acceptors (Lipinski definition) is 5. The molecule has 188 valence electrons. The van der Waals surface area contributed by atoms with Crippen molar-refractivity contribution >= 4 is 38.0 Å². The standard InChI is InChI=1S/C24H29ClN4O5S/c1-23(2)19(30)22(33)35(23,34)24(9-10-24)13-29-11-8-16-17(27-28(3)18(16)21(29)32)20(31)26-12-14-4-6-15(25)7-5-14/h4-7,19,30,33H,8-13H2,1-3H3,(H,26,31)/t19-,35?/m1/s1. The molecule has 3 N–H and O–H groups in total. The summed E-state index contributed by atoms with van der Waals surface area (Å²) in [4.78, 5) is 28.0. The molecule has 2 atom stereocenters. The van der Waals surface area contributed by atoms with E-state index in [0.717, 1.165) is 5.56 Å². The first-order valence-electron chi connectivity index (χ1n) is 11.6. The predicted molar refractivity (Wildman–Crippen MR) is 133 cm³/mol. The first-order valence-corrected chi connectivity index (χ1v) is 13.5. The van der Waals surface area contributed by atoms with Gasteiger partial charge in [-0.25, -0.2) is 0 Å². The van der Waals surface area contributed by atoms with Crippen molar-refractivity contribution in [3.05, 3.63) is 51.8 Å². The average molecular weight is 521 g/mol. The molecular weight excluding hydrogens is 492 g/mol. The molecule has 1 fully saturated rings. The maximum atomic E-state index is 13.9. The minimum atomic E-state index is -2.88. The topological polar surface area (TPSA) is 125 Å². The van der Waals surface area contributed by atoms with Crippen LogP contribution in [0.5, 0.6) is 0 Å². The Labute approximate surface area is 209 Å². The van der Waals surface area contributed by atoms with E-state index in [4.69, 9.17) is 11.6 Å². The third-order valence-corrected chi connectivity index (χ3v) is 12.2. The van der Waals surface area contributed by atoms with E-state index in [9.17, 15) is 24.0 Å². The second kappa shape index (κ2) is 8.06. The number of benzene rings is 1. The summed E-state index contributed by atoms with van der Waals surface area (Å²) < 4.78 is 13.6. The molecule has 5 rings (SSSR count). The van der Waals surface area contributed by atoms with E-state index in [2.05, 4.69) is 10.4 Å². The van der Waals surface area contributed by atoms with Crippen molar-refractivity contribution in [2.45, 2.75) is 55.3 Å². The highest BCUT2D eigenvalue weighted by atomic mass is 35.5. The van der Waals surface area contributed by atoms with Gasteiger partial charge in [0.25, 0.3) is 11.8 Å². The molecule has 1 saturated carbocycles. The number of hydrogen-bond donors (Lipinski definition) is 3. The van der Waals surface area contributed by atoms with Crippen LogP contribution in [0.3, 0.4) is 0 Å². The molecule has 3 heterocycles. The molecule has 1 aromatic carbocycles. The quantitative estimate of drug-likeness (QED) is 0.497. The normalized spacial score (nSPS) is 26.2. The zero-order valence-corrected chi connectivity index (χ0v) is 21.4. The summed E-state index contributed by atoms with van der Waals surface area (Å²) in [5.74, 6) is -0.631. The zero-order valence-electron chi connectivity index (χ0n) is 19.9. The van der Waals surface area contributed by atoms with Crippen LogP contribution < -0.4 is 5.32 Å². The summed E-state index contributed by atoms with van der Waals surface area (Å²) in [6, 6.07) is 7.16. The Bertz CT molecular complexity index is 1350. The van der Waals surface area contributed by atoms with E-state index in [-0.39, 0.29) is 29.1 Å². The van der Waals surface area contributed by atoms with Gasteiger partial charge in [-0.3, -0.25) is 18.5 Å². The molecule has 9 nitrogen and oxygen atoms in total. The van der Waals surface area contributed by atoms with E-state index < -0.39 is 25.1 Å². The molecule has 0 bridgehead atoms. The highest BCUT2D eigenvalue weighted by molar-refractivity contribution is 8.06. The summed E-state index contributed by atoms with van der Waals surface area (Å²) in [6.07, 6.45) is 0.554. The molecule has 0 radical (unpaired) electrons. The fourth-order valence-corrected chi connectivity index (χ4v) is 9.49. The first-order chi connectivity index (χ1) is 16.4. The number of carbonyl (C=O) groups excluding carboxylic acids is 2. The van der Waals surface area contributed by atoms with Gasteiger partial charge in [-0.2, -0.15) is 5.10 Å². The maximum absolute atomic E-state index is 13.9. The number of aryl methyl sites for hydroxylation is 1. The van der Waals surface area contributed by atoms with Crippen LogP contribution in [0.2, 0.25) is 5.02 Å². The molecule has 0 spiro atoms. The van der Waals surface area contributed by atoms with Crippen LogP contribution in [0.1, 0.15) is 58.8 Å². The molecule has 2 aromatic rings. The Hall–Kier alpha value is -2.40. The zero-order chi connectivity index (χ0) is 25.3. The van der Waals surface area contributed by atoms with Crippen molar-refractivity contribution < 1.29 is 24.0 Å². The van der Waals surface area contributed by atoms with E-state index >= 15 is 0 Å². The van der Waals surface area contributed by atoms with Crippen LogP contribution >= 0.6 is 11.6 Å². The maximum Gasteiger partial charge on any atom is 0.272 e. The fourth-order valence-electron chi connectivity index (χ4n) is 5.40. The number of aromatic nitrogens is 2. The van der Waals surface area contributed by atoms with Gasteiger partial charge >= 0.3 is 0 Å². The van der Waals surface area contributed by atoms with Crippen LogP contribution in [-0.2, 0) is 29.5 Å². The van der Waals surface area contributed by atoms with E-state index in [1.165, 1.54) is 4.68 Å². The number of nitrogens with zero attached hydrogens (tertiary/aromatic N) is 3. The molecule has 35 heavy (non-hydrogen) atoms. The minimum absolute atomic E-state index is 0.228. The number of nitrogens with one attached hydrogen (secondary N) is 1. The van der Waals surface area contributed by atoms with Crippen LogP contribution in [0, 0.1) is 0 Å². The number of aliphatic hydroxyl groups is 2. The molecule has 3 aliphatic rings. The Morgan fingerprint density at radius 2 is 1.94 bits per heavy atom. The molecule has 0 saturated heterocycles. The van der Waals surface area contributed by atoms with Crippen molar-refractivity contribution in [2.75, 3.05) is 13.1 Å². The molecule has 1 unspecified atom stereocenters. The monoisotopic (exact) mass is 520 g/mol. The highest BCUT2D eigenvalue weighted by Gasteiger charge is 2.66. The van der Waals surface area contributed by atoms with Gasteiger partial charge in [0.1, 0.15) is 16.8 Å². The third-order valence-electron chi connectivity index (χ3n) is 7.67. The summed E-state index contributed by atoms with van der Waals surface area (Å²) >= 11 is 5.91. The fraction of sp³-hybridized carbons (Fsp3) is 0.500. The van der Waals surface area contributed by atoms with Gasteiger partial charge < -0.3 is 20.4 Å². The van der Waals surface area contributed by atoms with Crippen molar-refractivity contribution in [3.63, 3.8) is 0 Å². The number of halogens is 1. The summed E-state index contributed by atoms with van der Waals surface area (Å²) in [7, 11) is -1.25. The Kier molecular flexibility index (Phi) is 5.59. The number of rotatable bonds is 6. The predicted octanol–water partition coefficient (Wildman–Crippen LogP) is 1.66. The lowest BCUT2D eigenvalue weighted by molar-refractivity contribution is 0.0723. The van der Waals surface area contributed by atoms with Crippen molar-refractivity contribution in [2.24, 2.45) is 7.05 Å². The lowest BCUT2D eigenvalue weighted by Crippen LogP contribution is -2.67. The molecular formula is C24H29ClN4O5S. The smallest absolute Gasteiger partial charge is 0.272 e. The lowest BCUT2D eigenvalue weighted by atomic mass is 10.0. The van der Waals surface area contributed by atoms with Crippen molar-refractivity contribution in [3.8, 4) is 0 Å². The Balaban J connectivity index is 1.35. The van der Waals surface area contributed by atoms with Gasteiger partial charge in [-0.15, -0.1) is 0 Å². The van der Waals surface area contributed by atoms with Gasteiger partial charge in [0.05, 0.1) is 9.49 Å². The molecule has 2 aliphatic heterocycles. The van der Waals surface area contributed by atoms with E-state index in [0.29, 0.717) is 48.6 Å². The number of aliphatic hydroxyl groups excluding tert-OH is 2. The van der Waals surface area contributed by atoms with Gasteiger partial charge in [0.15, 0.2) is 5.69 Å². The Morgan fingerprint density at radius 3 is 2.54 bits per heavy atom. The van der Waals surface area contributed by atoms with Crippen LogP contribution in [0.15, 0.2) is 24.3 Å².